The molecular formula is C17H21BrO3. The molecule has 0 bridgehead atoms. The van der Waals surface area contributed by atoms with Crippen LogP contribution in [0.1, 0.15) is 43.7 Å². The molecule has 0 spiro atoms. The molecule has 1 aliphatic carbocycles. The van der Waals surface area contributed by atoms with Crippen LogP contribution in [0.25, 0.3) is 6.08 Å². The molecule has 0 heterocycles. The topological polar surface area (TPSA) is 46.5 Å². The maximum Gasteiger partial charge on any atom is 0.328 e. The average Bonchev–Trinajstić information content (AvgIpc) is 2.42. The van der Waals surface area contributed by atoms with E-state index in [4.69, 9.17) is 9.84 Å². The van der Waals surface area contributed by atoms with Crippen LogP contribution in [-0.4, -0.2) is 17.2 Å². The fourth-order valence-corrected chi connectivity index (χ4v) is 3.31. The van der Waals surface area contributed by atoms with Crippen LogP contribution < -0.4 is 4.74 Å². The van der Waals surface area contributed by atoms with E-state index in [1.807, 2.05) is 19.1 Å². The van der Waals surface area contributed by atoms with Crippen molar-refractivity contribution in [1.29, 1.82) is 0 Å². The van der Waals surface area contributed by atoms with Gasteiger partial charge in [0.25, 0.3) is 0 Å². The van der Waals surface area contributed by atoms with Crippen molar-refractivity contribution < 1.29 is 14.6 Å². The monoisotopic (exact) mass is 352 g/mol. The van der Waals surface area contributed by atoms with Crippen molar-refractivity contribution in [2.45, 2.75) is 45.6 Å². The number of halogens is 1. The molecule has 21 heavy (non-hydrogen) atoms. The van der Waals surface area contributed by atoms with E-state index in [2.05, 4.69) is 22.9 Å². The first kappa shape index (κ1) is 16.1. The summed E-state index contributed by atoms with van der Waals surface area (Å²) in [5, 5.41) is 8.82. The van der Waals surface area contributed by atoms with Gasteiger partial charge >= 0.3 is 5.97 Å². The highest BCUT2D eigenvalue weighted by molar-refractivity contribution is 9.10. The Labute approximate surface area is 134 Å². The summed E-state index contributed by atoms with van der Waals surface area (Å²) in [6, 6.07) is 3.89. The molecule has 1 aliphatic rings. The zero-order valence-electron chi connectivity index (χ0n) is 12.4. The minimum absolute atomic E-state index is 0.234. The van der Waals surface area contributed by atoms with E-state index in [0.717, 1.165) is 46.2 Å². The Kier molecular flexibility index (Phi) is 5.45. The number of carboxylic acid groups (broad SMARTS) is 1. The Bertz CT molecular complexity index is 543. The van der Waals surface area contributed by atoms with Crippen LogP contribution in [-0.2, 0) is 4.79 Å². The highest BCUT2D eigenvalue weighted by Crippen LogP contribution is 2.33. The molecule has 0 aliphatic heterocycles. The summed E-state index contributed by atoms with van der Waals surface area (Å²) < 4.78 is 7.11. The van der Waals surface area contributed by atoms with Crippen LogP contribution in [0.5, 0.6) is 5.75 Å². The molecule has 4 heteroatoms. The maximum absolute atomic E-state index is 10.7. The summed E-state index contributed by atoms with van der Waals surface area (Å²) in [4.78, 5) is 10.7. The second-order valence-electron chi connectivity index (χ2n) is 5.81. The van der Waals surface area contributed by atoms with E-state index in [-0.39, 0.29) is 6.10 Å². The molecule has 0 unspecified atom stereocenters. The van der Waals surface area contributed by atoms with Crippen LogP contribution in [0.4, 0.5) is 0 Å². The number of aliphatic carboxylic acids is 1. The number of carboxylic acids is 1. The zero-order chi connectivity index (χ0) is 15.4. The Morgan fingerprint density at radius 3 is 2.62 bits per heavy atom. The van der Waals surface area contributed by atoms with E-state index in [1.165, 1.54) is 12.8 Å². The van der Waals surface area contributed by atoms with E-state index < -0.39 is 5.97 Å². The van der Waals surface area contributed by atoms with Crippen molar-refractivity contribution in [2.75, 3.05) is 0 Å². The SMILES string of the molecule is Cc1cc(Br)cc(/C=C/C(=O)O)c1OC1CCC(C)CC1. The number of hydrogen-bond acceptors (Lipinski definition) is 2. The first-order valence-electron chi connectivity index (χ1n) is 7.33. The quantitative estimate of drug-likeness (QED) is 0.790. The third-order valence-electron chi connectivity index (χ3n) is 3.92. The van der Waals surface area contributed by atoms with E-state index >= 15 is 0 Å². The van der Waals surface area contributed by atoms with Gasteiger partial charge in [-0.05, 0) is 62.3 Å². The van der Waals surface area contributed by atoms with Crippen LogP contribution in [0.3, 0.4) is 0 Å². The van der Waals surface area contributed by atoms with Gasteiger partial charge in [0.2, 0.25) is 0 Å². The molecule has 0 amide bonds. The van der Waals surface area contributed by atoms with Gasteiger partial charge in [0.1, 0.15) is 5.75 Å². The van der Waals surface area contributed by atoms with Gasteiger partial charge in [0.15, 0.2) is 0 Å². The lowest BCUT2D eigenvalue weighted by molar-refractivity contribution is -0.131. The van der Waals surface area contributed by atoms with Gasteiger partial charge in [-0.2, -0.15) is 0 Å². The number of hydrogen-bond donors (Lipinski definition) is 1. The summed E-state index contributed by atoms with van der Waals surface area (Å²) in [5.41, 5.74) is 1.83. The molecule has 0 aromatic heterocycles. The van der Waals surface area contributed by atoms with Crippen LogP contribution in [0, 0.1) is 12.8 Å². The smallest absolute Gasteiger partial charge is 0.328 e. The molecule has 0 radical (unpaired) electrons. The fraction of sp³-hybridized carbons (Fsp3) is 0.471. The highest BCUT2D eigenvalue weighted by atomic mass is 79.9. The summed E-state index contributed by atoms with van der Waals surface area (Å²) in [5.74, 6) is 0.627. The van der Waals surface area contributed by atoms with Gasteiger partial charge in [-0.3, -0.25) is 0 Å². The molecule has 3 nitrogen and oxygen atoms in total. The van der Waals surface area contributed by atoms with Gasteiger partial charge in [-0.1, -0.05) is 22.9 Å². The van der Waals surface area contributed by atoms with Crippen LogP contribution >= 0.6 is 15.9 Å². The third kappa shape index (κ3) is 4.60. The lowest BCUT2D eigenvalue weighted by Crippen LogP contribution is -2.23. The molecule has 1 saturated carbocycles. The number of ether oxygens (including phenoxy) is 1. The fourth-order valence-electron chi connectivity index (χ4n) is 2.72. The molecule has 1 N–H and O–H groups in total. The zero-order valence-corrected chi connectivity index (χ0v) is 14.0. The molecule has 1 aromatic rings. The lowest BCUT2D eigenvalue weighted by Gasteiger charge is -2.28. The van der Waals surface area contributed by atoms with Crippen molar-refractivity contribution in [3.63, 3.8) is 0 Å². The van der Waals surface area contributed by atoms with Gasteiger partial charge in [0, 0.05) is 16.1 Å². The molecule has 114 valence electrons. The van der Waals surface area contributed by atoms with E-state index in [0.29, 0.717) is 0 Å². The standard InChI is InChI=1S/C17H21BrO3/c1-11-3-6-15(7-4-11)21-17-12(2)9-14(18)10-13(17)5-8-16(19)20/h5,8-11,15H,3-4,6-7H2,1-2H3,(H,19,20)/b8-5+. The molecule has 1 fully saturated rings. The molecular weight excluding hydrogens is 332 g/mol. The molecule has 2 rings (SSSR count). The van der Waals surface area contributed by atoms with Gasteiger partial charge in [-0.15, -0.1) is 0 Å². The summed E-state index contributed by atoms with van der Waals surface area (Å²) in [6.07, 6.45) is 7.51. The highest BCUT2D eigenvalue weighted by Gasteiger charge is 2.21. The summed E-state index contributed by atoms with van der Waals surface area (Å²) in [6.45, 7) is 4.27. The second kappa shape index (κ2) is 7.12. The van der Waals surface area contributed by atoms with Gasteiger partial charge in [0.05, 0.1) is 6.10 Å². The lowest BCUT2D eigenvalue weighted by atomic mass is 9.89. The Morgan fingerprint density at radius 2 is 2.00 bits per heavy atom. The van der Waals surface area contributed by atoms with Crippen LogP contribution in [0.15, 0.2) is 22.7 Å². The number of benzene rings is 1. The van der Waals surface area contributed by atoms with Crippen molar-refractivity contribution >= 4 is 28.0 Å². The van der Waals surface area contributed by atoms with Crippen molar-refractivity contribution in [2.24, 2.45) is 5.92 Å². The van der Waals surface area contributed by atoms with Gasteiger partial charge < -0.3 is 9.84 Å². The predicted molar refractivity (Wildman–Crippen MR) is 87.6 cm³/mol. The normalized spacial score (nSPS) is 22.4. The number of carbonyl (C=O) groups is 1. The molecule has 0 saturated heterocycles. The minimum Gasteiger partial charge on any atom is -0.490 e. The Hall–Kier alpha value is -1.29. The number of rotatable bonds is 4. The summed E-state index contributed by atoms with van der Waals surface area (Å²) in [7, 11) is 0. The molecule has 1 aromatic carbocycles. The van der Waals surface area contributed by atoms with Crippen LogP contribution in [0.2, 0.25) is 0 Å². The van der Waals surface area contributed by atoms with Crippen molar-refractivity contribution in [1.82, 2.24) is 0 Å². The Morgan fingerprint density at radius 1 is 1.33 bits per heavy atom. The average molecular weight is 353 g/mol. The third-order valence-corrected chi connectivity index (χ3v) is 4.38. The van der Waals surface area contributed by atoms with Crippen molar-refractivity contribution in [3.8, 4) is 5.75 Å². The minimum atomic E-state index is -0.954. The Balaban J connectivity index is 2.22. The first-order valence-corrected chi connectivity index (χ1v) is 8.13. The van der Waals surface area contributed by atoms with E-state index in [1.54, 1.807) is 6.08 Å². The maximum atomic E-state index is 10.7. The number of aryl methyl sites for hydroxylation is 1. The predicted octanol–water partition coefficient (Wildman–Crippen LogP) is 4.81. The second-order valence-corrected chi connectivity index (χ2v) is 6.73. The van der Waals surface area contributed by atoms with Crippen molar-refractivity contribution in [3.05, 3.63) is 33.8 Å². The van der Waals surface area contributed by atoms with Gasteiger partial charge in [-0.25, -0.2) is 4.79 Å². The first-order chi connectivity index (χ1) is 9.95. The summed E-state index contributed by atoms with van der Waals surface area (Å²) >= 11 is 3.45. The van der Waals surface area contributed by atoms with E-state index in [9.17, 15) is 4.79 Å². The molecule has 0 atom stereocenters. The largest absolute Gasteiger partial charge is 0.490 e.